The Hall–Kier alpha value is -0.870. The smallest absolute Gasteiger partial charge is 0.305 e. The number of carbonyl (C=O) groups excluding carboxylic acids is 1. The van der Waals surface area contributed by atoms with Crippen LogP contribution in [0.1, 0.15) is 206 Å². The van der Waals surface area contributed by atoms with Gasteiger partial charge in [-0.2, -0.15) is 0 Å². The molecule has 4 heteroatoms. The topological polar surface area (TPSA) is 61.5 Å². The first-order valence-corrected chi connectivity index (χ1v) is 19.4. The zero-order chi connectivity index (χ0) is 31.3. The van der Waals surface area contributed by atoms with Gasteiger partial charge < -0.3 is 15.2 Å². The summed E-state index contributed by atoms with van der Waals surface area (Å²) in [6.45, 7) is 5.97. The van der Waals surface area contributed by atoms with Crippen molar-refractivity contribution in [2.75, 3.05) is 19.8 Å². The SMILES string of the molecule is CCCCCCCCC=CCCCCCCCC(=O)OCC(CN)OCCCCCCCCCCCCCCCCCC. The highest BCUT2D eigenvalue weighted by Gasteiger charge is 2.11. The van der Waals surface area contributed by atoms with Gasteiger partial charge in [-0.3, -0.25) is 4.79 Å². The first-order chi connectivity index (χ1) is 21.2. The third-order valence-corrected chi connectivity index (χ3v) is 8.69. The summed E-state index contributed by atoms with van der Waals surface area (Å²) in [6.07, 6.45) is 43.4. The summed E-state index contributed by atoms with van der Waals surface area (Å²) in [4.78, 5) is 12.1. The van der Waals surface area contributed by atoms with Gasteiger partial charge in [-0.25, -0.2) is 0 Å². The predicted octanol–water partition coefficient (Wildman–Crippen LogP) is 12.2. The third-order valence-electron chi connectivity index (χ3n) is 8.69. The lowest BCUT2D eigenvalue weighted by atomic mass is 10.0. The highest BCUT2D eigenvalue weighted by atomic mass is 16.6. The van der Waals surface area contributed by atoms with Crippen molar-refractivity contribution in [3.05, 3.63) is 12.2 Å². The molecule has 2 N–H and O–H groups in total. The summed E-state index contributed by atoms with van der Waals surface area (Å²) in [5.41, 5.74) is 5.85. The number of nitrogens with two attached hydrogens (primary N) is 1. The number of esters is 1. The molecule has 0 fully saturated rings. The van der Waals surface area contributed by atoms with E-state index in [4.69, 9.17) is 15.2 Å². The van der Waals surface area contributed by atoms with Crippen molar-refractivity contribution >= 4 is 5.97 Å². The van der Waals surface area contributed by atoms with E-state index in [1.165, 1.54) is 167 Å². The van der Waals surface area contributed by atoms with Crippen molar-refractivity contribution in [3.8, 4) is 0 Å². The largest absolute Gasteiger partial charge is 0.463 e. The molecule has 0 bridgehead atoms. The molecule has 0 aliphatic rings. The Morgan fingerprint density at radius 3 is 1.33 bits per heavy atom. The van der Waals surface area contributed by atoms with Crippen molar-refractivity contribution in [2.24, 2.45) is 5.73 Å². The van der Waals surface area contributed by atoms with Crippen molar-refractivity contribution in [1.82, 2.24) is 0 Å². The lowest BCUT2D eigenvalue weighted by molar-refractivity contribution is -0.147. The fourth-order valence-corrected chi connectivity index (χ4v) is 5.68. The molecule has 0 aliphatic heterocycles. The molecule has 0 radical (unpaired) electrons. The molecule has 1 atom stereocenters. The van der Waals surface area contributed by atoms with Crippen LogP contribution < -0.4 is 5.73 Å². The maximum Gasteiger partial charge on any atom is 0.305 e. The lowest BCUT2D eigenvalue weighted by Gasteiger charge is -2.16. The van der Waals surface area contributed by atoms with Gasteiger partial charge in [0.2, 0.25) is 0 Å². The number of hydrogen-bond acceptors (Lipinski definition) is 4. The van der Waals surface area contributed by atoms with E-state index in [2.05, 4.69) is 26.0 Å². The van der Waals surface area contributed by atoms with E-state index in [1.54, 1.807) is 0 Å². The van der Waals surface area contributed by atoms with Crippen LogP contribution in [0.2, 0.25) is 0 Å². The second-order valence-corrected chi connectivity index (χ2v) is 13.0. The summed E-state index contributed by atoms with van der Waals surface area (Å²) in [5.74, 6) is -0.109. The van der Waals surface area contributed by atoms with Crippen molar-refractivity contribution in [1.29, 1.82) is 0 Å². The van der Waals surface area contributed by atoms with Crippen molar-refractivity contribution in [3.63, 3.8) is 0 Å². The van der Waals surface area contributed by atoms with Gasteiger partial charge in [-0.1, -0.05) is 174 Å². The minimum absolute atomic E-state index is 0.109. The molecule has 0 saturated carbocycles. The van der Waals surface area contributed by atoms with Crippen LogP contribution in [0.15, 0.2) is 12.2 Å². The monoisotopic (exact) mass is 608 g/mol. The molecule has 0 aliphatic carbocycles. The second kappa shape index (κ2) is 37.3. The Balaban J connectivity index is 3.41. The normalized spacial score (nSPS) is 12.3. The summed E-state index contributed by atoms with van der Waals surface area (Å²) in [5, 5.41) is 0. The van der Waals surface area contributed by atoms with Gasteiger partial charge in [0.25, 0.3) is 0 Å². The Morgan fingerprint density at radius 2 is 0.907 bits per heavy atom. The molecular formula is C39H77NO3. The summed E-state index contributed by atoms with van der Waals surface area (Å²) in [6, 6.07) is 0. The van der Waals surface area contributed by atoms with E-state index >= 15 is 0 Å². The molecule has 0 rings (SSSR count). The summed E-state index contributed by atoms with van der Waals surface area (Å²) in [7, 11) is 0. The van der Waals surface area contributed by atoms with Crippen LogP contribution in [0.5, 0.6) is 0 Å². The lowest BCUT2D eigenvalue weighted by Crippen LogP contribution is -2.30. The number of rotatable bonds is 36. The molecule has 256 valence electrons. The van der Waals surface area contributed by atoms with Gasteiger partial charge in [0.05, 0.1) is 0 Å². The quantitative estimate of drug-likeness (QED) is 0.0437. The van der Waals surface area contributed by atoms with Crippen LogP contribution in [0.4, 0.5) is 0 Å². The first-order valence-electron chi connectivity index (χ1n) is 19.4. The average molecular weight is 608 g/mol. The Morgan fingerprint density at radius 1 is 0.535 bits per heavy atom. The van der Waals surface area contributed by atoms with Gasteiger partial charge in [-0.05, 0) is 38.5 Å². The molecular weight excluding hydrogens is 530 g/mol. The predicted molar refractivity (Wildman–Crippen MR) is 189 cm³/mol. The van der Waals surface area contributed by atoms with Crippen molar-refractivity contribution < 1.29 is 14.3 Å². The van der Waals surface area contributed by atoms with E-state index in [1.807, 2.05) is 0 Å². The fraction of sp³-hybridized carbons (Fsp3) is 0.923. The van der Waals surface area contributed by atoms with Crippen molar-refractivity contribution in [2.45, 2.75) is 213 Å². The van der Waals surface area contributed by atoms with Crippen LogP contribution in [-0.2, 0) is 14.3 Å². The van der Waals surface area contributed by atoms with E-state index < -0.39 is 0 Å². The van der Waals surface area contributed by atoms with E-state index in [9.17, 15) is 4.79 Å². The van der Waals surface area contributed by atoms with Crippen LogP contribution in [0.3, 0.4) is 0 Å². The fourth-order valence-electron chi connectivity index (χ4n) is 5.68. The first kappa shape index (κ1) is 42.1. The Kier molecular flexibility index (Phi) is 36.6. The maximum absolute atomic E-state index is 12.1. The van der Waals surface area contributed by atoms with Crippen LogP contribution >= 0.6 is 0 Å². The number of allylic oxidation sites excluding steroid dienone is 2. The van der Waals surface area contributed by atoms with E-state index in [-0.39, 0.29) is 12.1 Å². The number of hydrogen-bond donors (Lipinski definition) is 1. The second-order valence-electron chi connectivity index (χ2n) is 13.0. The minimum Gasteiger partial charge on any atom is -0.463 e. The number of ether oxygens (including phenoxy) is 2. The van der Waals surface area contributed by atoms with Crippen LogP contribution in [0, 0.1) is 0 Å². The highest BCUT2D eigenvalue weighted by Crippen LogP contribution is 2.14. The molecule has 4 nitrogen and oxygen atoms in total. The summed E-state index contributed by atoms with van der Waals surface area (Å²) < 4.78 is 11.3. The molecule has 0 amide bonds. The molecule has 0 spiro atoms. The van der Waals surface area contributed by atoms with Crippen LogP contribution in [0.25, 0.3) is 0 Å². The average Bonchev–Trinajstić information content (AvgIpc) is 3.02. The maximum atomic E-state index is 12.1. The van der Waals surface area contributed by atoms with Gasteiger partial charge in [0.15, 0.2) is 0 Å². The molecule has 0 aromatic heterocycles. The summed E-state index contributed by atoms with van der Waals surface area (Å²) >= 11 is 0. The molecule has 0 aromatic carbocycles. The van der Waals surface area contributed by atoms with Gasteiger partial charge >= 0.3 is 5.97 Å². The standard InChI is InChI=1S/C39H77NO3/c1-3-5-7-9-11-13-15-17-19-21-23-25-27-29-31-33-35-42-38(36-40)37-43-39(41)34-32-30-28-26-24-22-20-18-16-14-12-10-8-6-4-2/h18,20,38H,3-17,19,21-37,40H2,1-2H3. The van der Waals surface area contributed by atoms with Gasteiger partial charge in [0, 0.05) is 19.6 Å². The minimum atomic E-state index is -0.172. The zero-order valence-electron chi connectivity index (χ0n) is 29.4. The Bertz CT molecular complexity index is 565. The number of carbonyl (C=O) groups is 1. The number of unbranched alkanes of at least 4 members (excludes halogenated alkanes) is 26. The molecule has 1 unspecified atom stereocenters. The molecule has 0 heterocycles. The molecule has 43 heavy (non-hydrogen) atoms. The van der Waals surface area contributed by atoms with E-state index in [0.717, 1.165) is 19.3 Å². The van der Waals surface area contributed by atoms with Gasteiger partial charge in [0.1, 0.15) is 12.7 Å². The highest BCUT2D eigenvalue weighted by molar-refractivity contribution is 5.69. The molecule has 0 saturated heterocycles. The van der Waals surface area contributed by atoms with E-state index in [0.29, 0.717) is 26.2 Å². The zero-order valence-corrected chi connectivity index (χ0v) is 29.4. The third kappa shape index (κ3) is 35.5. The molecule has 0 aromatic rings. The van der Waals surface area contributed by atoms with Gasteiger partial charge in [-0.15, -0.1) is 0 Å². The van der Waals surface area contributed by atoms with Crippen LogP contribution in [-0.4, -0.2) is 31.8 Å². The Labute approximate surface area is 270 Å².